The van der Waals surface area contributed by atoms with Crippen molar-refractivity contribution < 1.29 is 0 Å². The molecule has 1 atom stereocenters. The van der Waals surface area contributed by atoms with E-state index in [9.17, 15) is 0 Å². The van der Waals surface area contributed by atoms with Crippen LogP contribution in [0, 0.1) is 0 Å². The molecule has 5 heteroatoms. The zero-order valence-corrected chi connectivity index (χ0v) is 11.6. The molecule has 4 nitrogen and oxygen atoms in total. The van der Waals surface area contributed by atoms with Crippen molar-refractivity contribution in [2.45, 2.75) is 32.7 Å². The molecule has 2 aromatic rings. The maximum atomic E-state index is 4.30. The van der Waals surface area contributed by atoms with Gasteiger partial charge in [-0.15, -0.1) is 10.2 Å². The SMILES string of the molecule is CCCNC(CC)c1nnc(-c2ccccn2)s1. The highest BCUT2D eigenvalue weighted by atomic mass is 32.1. The fourth-order valence-electron chi connectivity index (χ4n) is 1.69. The lowest BCUT2D eigenvalue weighted by atomic mass is 10.2. The molecule has 0 fully saturated rings. The average Bonchev–Trinajstić information content (AvgIpc) is 2.90. The Morgan fingerprint density at radius 3 is 2.83 bits per heavy atom. The van der Waals surface area contributed by atoms with Crippen LogP contribution in [0.2, 0.25) is 0 Å². The van der Waals surface area contributed by atoms with Crippen molar-refractivity contribution in [3.05, 3.63) is 29.4 Å². The van der Waals surface area contributed by atoms with Crippen LogP contribution in [-0.2, 0) is 0 Å². The van der Waals surface area contributed by atoms with Gasteiger partial charge < -0.3 is 5.32 Å². The van der Waals surface area contributed by atoms with Crippen LogP contribution in [0.15, 0.2) is 24.4 Å². The average molecular weight is 262 g/mol. The van der Waals surface area contributed by atoms with Gasteiger partial charge in [-0.1, -0.05) is 31.3 Å². The Hall–Kier alpha value is -1.33. The van der Waals surface area contributed by atoms with Crippen LogP contribution in [0.25, 0.3) is 10.7 Å². The highest BCUT2D eigenvalue weighted by Gasteiger charge is 2.15. The molecule has 0 aromatic carbocycles. The van der Waals surface area contributed by atoms with Crippen LogP contribution >= 0.6 is 11.3 Å². The maximum absolute atomic E-state index is 4.30. The van der Waals surface area contributed by atoms with Gasteiger partial charge in [0.2, 0.25) is 0 Å². The zero-order chi connectivity index (χ0) is 12.8. The number of rotatable bonds is 6. The lowest BCUT2D eigenvalue weighted by Gasteiger charge is -2.12. The molecule has 1 N–H and O–H groups in total. The number of nitrogens with zero attached hydrogens (tertiary/aromatic N) is 3. The molecule has 0 saturated carbocycles. The van der Waals surface area contributed by atoms with Gasteiger partial charge in [0.05, 0.1) is 6.04 Å². The van der Waals surface area contributed by atoms with Crippen molar-refractivity contribution in [1.82, 2.24) is 20.5 Å². The molecule has 0 amide bonds. The molecule has 2 heterocycles. The van der Waals surface area contributed by atoms with Crippen molar-refractivity contribution >= 4 is 11.3 Å². The van der Waals surface area contributed by atoms with Crippen molar-refractivity contribution in [2.24, 2.45) is 0 Å². The monoisotopic (exact) mass is 262 g/mol. The van der Waals surface area contributed by atoms with E-state index >= 15 is 0 Å². The standard InChI is InChI=1S/C13H18N4S/c1-3-8-14-10(4-2)12-16-17-13(18-12)11-7-5-6-9-15-11/h5-7,9-10,14H,3-4,8H2,1-2H3. The summed E-state index contributed by atoms with van der Waals surface area (Å²) in [4.78, 5) is 4.30. The fraction of sp³-hybridized carbons (Fsp3) is 0.462. The van der Waals surface area contributed by atoms with E-state index in [0.29, 0.717) is 6.04 Å². The Morgan fingerprint density at radius 1 is 1.28 bits per heavy atom. The molecule has 96 valence electrons. The first-order valence-electron chi connectivity index (χ1n) is 6.33. The normalized spacial score (nSPS) is 12.6. The number of pyridine rings is 1. The van der Waals surface area contributed by atoms with Gasteiger partial charge in [-0.2, -0.15) is 0 Å². The minimum Gasteiger partial charge on any atom is -0.308 e. The molecular weight excluding hydrogens is 244 g/mol. The van der Waals surface area contributed by atoms with Gasteiger partial charge in [0.15, 0.2) is 5.01 Å². The predicted octanol–water partition coefficient (Wildman–Crippen LogP) is 3.05. The molecule has 1 unspecified atom stereocenters. The summed E-state index contributed by atoms with van der Waals surface area (Å²) in [5.74, 6) is 0. The summed E-state index contributed by atoms with van der Waals surface area (Å²) in [5.41, 5.74) is 0.895. The summed E-state index contributed by atoms with van der Waals surface area (Å²) >= 11 is 1.62. The summed E-state index contributed by atoms with van der Waals surface area (Å²) in [7, 11) is 0. The Morgan fingerprint density at radius 2 is 2.17 bits per heavy atom. The van der Waals surface area contributed by atoms with E-state index in [1.54, 1.807) is 17.5 Å². The molecule has 0 aliphatic rings. The van der Waals surface area contributed by atoms with Gasteiger partial charge in [0.25, 0.3) is 0 Å². The van der Waals surface area contributed by atoms with Gasteiger partial charge >= 0.3 is 0 Å². The molecular formula is C13H18N4S. The first kappa shape index (κ1) is 13.1. The summed E-state index contributed by atoms with van der Waals surface area (Å²) in [6.45, 7) is 5.34. The lowest BCUT2D eigenvalue weighted by Crippen LogP contribution is -2.21. The third kappa shape index (κ3) is 3.11. The second-order valence-electron chi connectivity index (χ2n) is 4.08. The second kappa shape index (κ2) is 6.56. The minimum absolute atomic E-state index is 0.305. The van der Waals surface area contributed by atoms with E-state index in [2.05, 4.69) is 34.3 Å². The van der Waals surface area contributed by atoms with E-state index < -0.39 is 0 Å². The minimum atomic E-state index is 0.305. The Bertz CT molecular complexity index is 469. The van der Waals surface area contributed by atoms with Gasteiger partial charge in [-0.3, -0.25) is 4.98 Å². The predicted molar refractivity (Wildman–Crippen MR) is 74.5 cm³/mol. The first-order valence-corrected chi connectivity index (χ1v) is 7.15. The van der Waals surface area contributed by atoms with Crippen LogP contribution in [0.4, 0.5) is 0 Å². The Balaban J connectivity index is 2.14. The molecule has 2 rings (SSSR count). The first-order chi connectivity index (χ1) is 8.85. The summed E-state index contributed by atoms with van der Waals surface area (Å²) in [6.07, 6.45) is 3.93. The van der Waals surface area contributed by atoms with Crippen molar-refractivity contribution in [3.63, 3.8) is 0 Å². The van der Waals surface area contributed by atoms with Crippen molar-refractivity contribution in [2.75, 3.05) is 6.54 Å². The van der Waals surface area contributed by atoms with Crippen molar-refractivity contribution in [1.29, 1.82) is 0 Å². The van der Waals surface area contributed by atoms with Gasteiger partial charge in [-0.05, 0) is 31.5 Å². The third-order valence-corrected chi connectivity index (χ3v) is 3.73. The molecule has 0 spiro atoms. The smallest absolute Gasteiger partial charge is 0.166 e. The fourth-order valence-corrected chi connectivity index (χ4v) is 2.67. The van der Waals surface area contributed by atoms with Crippen LogP contribution in [-0.4, -0.2) is 21.7 Å². The van der Waals surface area contributed by atoms with Gasteiger partial charge in [0, 0.05) is 6.20 Å². The highest BCUT2D eigenvalue weighted by Crippen LogP contribution is 2.26. The molecule has 0 saturated heterocycles. The number of aromatic nitrogens is 3. The van der Waals surface area contributed by atoms with E-state index in [4.69, 9.17) is 0 Å². The van der Waals surface area contributed by atoms with E-state index in [0.717, 1.165) is 35.1 Å². The molecule has 0 aliphatic heterocycles. The largest absolute Gasteiger partial charge is 0.308 e. The van der Waals surface area contributed by atoms with E-state index in [-0.39, 0.29) is 0 Å². The summed E-state index contributed by atoms with van der Waals surface area (Å²) < 4.78 is 0. The van der Waals surface area contributed by atoms with Crippen LogP contribution in [0.1, 0.15) is 37.7 Å². The third-order valence-electron chi connectivity index (χ3n) is 2.67. The number of hydrogen-bond donors (Lipinski definition) is 1. The van der Waals surface area contributed by atoms with Crippen molar-refractivity contribution in [3.8, 4) is 10.7 Å². The second-order valence-corrected chi connectivity index (χ2v) is 5.08. The van der Waals surface area contributed by atoms with E-state index in [1.807, 2.05) is 18.2 Å². The van der Waals surface area contributed by atoms with E-state index in [1.165, 1.54) is 0 Å². The molecule has 0 aliphatic carbocycles. The van der Waals surface area contributed by atoms with Gasteiger partial charge in [-0.25, -0.2) is 0 Å². The number of hydrogen-bond acceptors (Lipinski definition) is 5. The quantitative estimate of drug-likeness (QED) is 0.869. The van der Waals surface area contributed by atoms with Crippen LogP contribution < -0.4 is 5.32 Å². The molecule has 18 heavy (non-hydrogen) atoms. The Kier molecular flexibility index (Phi) is 4.78. The topological polar surface area (TPSA) is 50.7 Å². The summed E-state index contributed by atoms with van der Waals surface area (Å²) in [5, 5.41) is 13.9. The highest BCUT2D eigenvalue weighted by molar-refractivity contribution is 7.14. The summed E-state index contributed by atoms with van der Waals surface area (Å²) in [6, 6.07) is 6.14. The molecule has 2 aromatic heterocycles. The lowest BCUT2D eigenvalue weighted by molar-refractivity contribution is 0.513. The molecule has 0 radical (unpaired) electrons. The van der Waals surface area contributed by atoms with Crippen LogP contribution in [0.5, 0.6) is 0 Å². The number of nitrogens with one attached hydrogen (secondary N) is 1. The molecule has 0 bridgehead atoms. The van der Waals surface area contributed by atoms with Crippen LogP contribution in [0.3, 0.4) is 0 Å². The zero-order valence-electron chi connectivity index (χ0n) is 10.8. The Labute approximate surface area is 111 Å². The van der Waals surface area contributed by atoms with Gasteiger partial charge in [0.1, 0.15) is 10.7 Å². The maximum Gasteiger partial charge on any atom is 0.166 e.